The van der Waals surface area contributed by atoms with E-state index < -0.39 is 15.3 Å². The van der Waals surface area contributed by atoms with Gasteiger partial charge < -0.3 is 5.32 Å². The Labute approximate surface area is 158 Å². The molecular weight excluding hydrogens is 350 g/mol. The minimum atomic E-state index is -3.26. The van der Waals surface area contributed by atoms with E-state index in [4.69, 9.17) is 0 Å². The summed E-state index contributed by atoms with van der Waals surface area (Å²) in [7, 11) is -1.34. The van der Waals surface area contributed by atoms with Crippen LogP contribution in [0.1, 0.15) is 53.0 Å². The Morgan fingerprint density at radius 3 is 2.12 bits per heavy atom. The smallest absolute Gasteiger partial charge is 0.238 e. The number of benzene rings is 1. The van der Waals surface area contributed by atoms with Crippen molar-refractivity contribution in [2.75, 3.05) is 25.5 Å². The van der Waals surface area contributed by atoms with Crippen molar-refractivity contribution in [1.29, 1.82) is 0 Å². The molecule has 148 valence electrons. The zero-order valence-electron chi connectivity index (χ0n) is 17.0. The lowest BCUT2D eigenvalue weighted by atomic mass is 10.0. The number of nitrogens with one attached hydrogen (secondary N) is 2. The van der Waals surface area contributed by atoms with Crippen LogP contribution in [0.4, 0.5) is 5.69 Å². The molecule has 0 spiro atoms. The minimum Gasteiger partial charge on any atom is -0.325 e. The maximum Gasteiger partial charge on any atom is 0.238 e. The van der Waals surface area contributed by atoms with Crippen molar-refractivity contribution in [2.45, 2.75) is 58.2 Å². The van der Waals surface area contributed by atoms with Crippen molar-refractivity contribution in [3.63, 3.8) is 0 Å². The summed E-state index contributed by atoms with van der Waals surface area (Å²) in [6, 6.07) is 7.52. The zero-order valence-corrected chi connectivity index (χ0v) is 17.8. The lowest BCUT2D eigenvalue weighted by molar-refractivity contribution is -0.118. The number of sulfonamides is 1. The first-order valence-corrected chi connectivity index (χ1v) is 10.5. The summed E-state index contributed by atoms with van der Waals surface area (Å²) < 4.78 is 26.3. The van der Waals surface area contributed by atoms with Crippen molar-refractivity contribution in [2.24, 2.45) is 0 Å². The molecule has 1 atom stereocenters. The van der Waals surface area contributed by atoms with E-state index in [1.165, 1.54) is 0 Å². The third kappa shape index (κ3) is 7.05. The first-order valence-electron chi connectivity index (χ1n) is 8.92. The maximum atomic E-state index is 12.1. The van der Waals surface area contributed by atoms with E-state index in [-0.39, 0.29) is 17.4 Å². The molecule has 1 rings (SSSR count). The average Bonchev–Trinajstić information content (AvgIpc) is 2.52. The topological polar surface area (TPSA) is 78.5 Å². The van der Waals surface area contributed by atoms with Gasteiger partial charge in [-0.3, -0.25) is 9.69 Å². The van der Waals surface area contributed by atoms with E-state index in [2.05, 4.69) is 30.8 Å². The molecule has 0 bridgehead atoms. The lowest BCUT2D eigenvalue weighted by Crippen LogP contribution is -2.42. The van der Waals surface area contributed by atoms with Gasteiger partial charge in [-0.25, -0.2) is 13.1 Å². The van der Waals surface area contributed by atoms with Crippen LogP contribution in [0.2, 0.25) is 0 Å². The summed E-state index contributed by atoms with van der Waals surface area (Å²) in [6.07, 6.45) is 0. The van der Waals surface area contributed by atoms with Crippen molar-refractivity contribution < 1.29 is 13.2 Å². The molecule has 0 aliphatic rings. The van der Waals surface area contributed by atoms with Gasteiger partial charge in [0.05, 0.1) is 11.8 Å². The predicted octanol–water partition coefficient (Wildman–Crippen LogP) is 2.79. The van der Waals surface area contributed by atoms with Gasteiger partial charge in [0, 0.05) is 17.8 Å². The second kappa shape index (κ2) is 8.97. The Balaban J connectivity index is 2.61. The van der Waals surface area contributed by atoms with Crippen molar-refractivity contribution in [1.82, 2.24) is 9.62 Å². The number of rotatable bonds is 8. The van der Waals surface area contributed by atoms with Gasteiger partial charge in [-0.1, -0.05) is 19.1 Å². The van der Waals surface area contributed by atoms with Crippen molar-refractivity contribution in [3.05, 3.63) is 29.8 Å². The SMILES string of the molecule is CC(CNS(=O)(=O)C(C)C)c1ccc(NC(=O)CN(C)C(C)(C)C)cc1. The van der Waals surface area contributed by atoms with E-state index >= 15 is 0 Å². The van der Waals surface area contributed by atoms with Crippen LogP contribution in [0, 0.1) is 0 Å². The number of anilines is 1. The van der Waals surface area contributed by atoms with Crippen LogP contribution in [0.15, 0.2) is 24.3 Å². The lowest BCUT2D eigenvalue weighted by Gasteiger charge is -2.31. The van der Waals surface area contributed by atoms with Crippen LogP contribution in [-0.4, -0.2) is 50.2 Å². The number of hydrogen-bond acceptors (Lipinski definition) is 4. The molecule has 0 radical (unpaired) electrons. The highest BCUT2D eigenvalue weighted by atomic mass is 32.2. The number of amides is 1. The summed E-state index contributed by atoms with van der Waals surface area (Å²) in [5.41, 5.74) is 1.68. The molecule has 0 heterocycles. The van der Waals surface area contributed by atoms with E-state index in [0.29, 0.717) is 13.1 Å². The second-order valence-electron chi connectivity index (χ2n) is 8.04. The summed E-state index contributed by atoms with van der Waals surface area (Å²) in [4.78, 5) is 14.1. The zero-order chi connectivity index (χ0) is 20.1. The number of carbonyl (C=O) groups is 1. The van der Waals surface area contributed by atoms with Crippen LogP contribution < -0.4 is 10.0 Å². The van der Waals surface area contributed by atoms with Gasteiger partial charge in [-0.2, -0.15) is 0 Å². The molecule has 0 aliphatic heterocycles. The Kier molecular flexibility index (Phi) is 7.80. The molecule has 1 unspecified atom stereocenters. The molecule has 0 saturated carbocycles. The molecule has 26 heavy (non-hydrogen) atoms. The van der Waals surface area contributed by atoms with Gasteiger partial charge in [0.1, 0.15) is 0 Å². The summed E-state index contributed by atoms with van der Waals surface area (Å²) in [5.74, 6) is -0.0202. The van der Waals surface area contributed by atoms with Gasteiger partial charge in [0.25, 0.3) is 0 Å². The Bertz CT molecular complexity index is 692. The molecular formula is C19H33N3O3S. The second-order valence-corrected chi connectivity index (χ2v) is 10.4. The highest BCUT2D eigenvalue weighted by Crippen LogP contribution is 2.18. The third-order valence-corrected chi connectivity index (χ3v) is 6.31. The molecule has 7 heteroatoms. The highest BCUT2D eigenvalue weighted by molar-refractivity contribution is 7.90. The van der Waals surface area contributed by atoms with Gasteiger partial charge >= 0.3 is 0 Å². The highest BCUT2D eigenvalue weighted by Gasteiger charge is 2.20. The Morgan fingerprint density at radius 2 is 1.65 bits per heavy atom. The van der Waals surface area contributed by atoms with E-state index in [1.54, 1.807) is 13.8 Å². The van der Waals surface area contributed by atoms with Crippen LogP contribution in [-0.2, 0) is 14.8 Å². The van der Waals surface area contributed by atoms with Crippen LogP contribution in [0.3, 0.4) is 0 Å². The number of hydrogen-bond donors (Lipinski definition) is 2. The number of likely N-dealkylation sites (N-methyl/N-ethyl adjacent to an activating group) is 1. The van der Waals surface area contributed by atoms with Gasteiger partial charge in [-0.05, 0) is 65.3 Å². The van der Waals surface area contributed by atoms with Crippen molar-refractivity contribution >= 4 is 21.6 Å². The number of nitrogens with zero attached hydrogens (tertiary/aromatic N) is 1. The molecule has 1 aromatic carbocycles. The first kappa shape index (κ1) is 22.6. The molecule has 2 N–H and O–H groups in total. The summed E-state index contributed by atoms with van der Waals surface area (Å²) in [5, 5.41) is 2.44. The minimum absolute atomic E-state index is 0.0419. The van der Waals surface area contributed by atoms with Gasteiger partial charge in [-0.15, -0.1) is 0 Å². The van der Waals surface area contributed by atoms with Crippen LogP contribution in [0.5, 0.6) is 0 Å². The Morgan fingerprint density at radius 1 is 1.12 bits per heavy atom. The van der Waals surface area contributed by atoms with E-state index in [0.717, 1.165) is 11.3 Å². The molecule has 0 saturated heterocycles. The summed E-state index contributed by atoms with van der Waals surface area (Å²) >= 11 is 0. The molecule has 1 aromatic rings. The van der Waals surface area contributed by atoms with Crippen LogP contribution in [0.25, 0.3) is 0 Å². The quantitative estimate of drug-likeness (QED) is 0.723. The van der Waals surface area contributed by atoms with Gasteiger partial charge in [0.15, 0.2) is 0 Å². The Hall–Kier alpha value is -1.44. The van der Waals surface area contributed by atoms with Gasteiger partial charge in [0.2, 0.25) is 15.9 Å². The fourth-order valence-corrected chi connectivity index (χ4v) is 2.89. The average molecular weight is 384 g/mol. The van der Waals surface area contributed by atoms with E-state index in [1.807, 2.05) is 43.1 Å². The largest absolute Gasteiger partial charge is 0.325 e. The molecule has 0 fully saturated rings. The van der Waals surface area contributed by atoms with E-state index in [9.17, 15) is 13.2 Å². The normalized spacial score (nSPS) is 13.9. The van der Waals surface area contributed by atoms with Crippen LogP contribution >= 0.6 is 0 Å². The molecule has 0 aliphatic carbocycles. The first-order chi connectivity index (χ1) is 11.8. The fourth-order valence-electron chi connectivity index (χ4n) is 2.07. The molecule has 1 amide bonds. The standard InChI is InChI=1S/C19H33N3O3S/c1-14(2)26(24,25)20-12-15(3)16-8-10-17(11-9-16)21-18(23)13-22(7)19(4,5)6/h8-11,14-15,20H,12-13H2,1-7H3,(H,21,23). The molecule has 0 aromatic heterocycles. The van der Waals surface area contributed by atoms with Crippen molar-refractivity contribution in [3.8, 4) is 0 Å². The maximum absolute atomic E-state index is 12.1. The molecule has 6 nitrogen and oxygen atoms in total. The third-order valence-electron chi connectivity index (χ3n) is 4.50. The fraction of sp³-hybridized carbons (Fsp3) is 0.632. The number of carbonyl (C=O) groups excluding carboxylic acids is 1. The monoisotopic (exact) mass is 383 g/mol. The predicted molar refractivity (Wildman–Crippen MR) is 108 cm³/mol. The summed E-state index contributed by atoms with van der Waals surface area (Å²) in [6.45, 7) is 12.1.